The SMILES string of the molecule is ClCCCCNc1ccc2c(n1)CCC2. The van der Waals surface area contributed by atoms with Crippen LogP contribution in [0.3, 0.4) is 0 Å². The molecule has 0 unspecified atom stereocenters. The molecule has 1 N–H and O–H groups in total. The van der Waals surface area contributed by atoms with Crippen molar-refractivity contribution >= 4 is 17.4 Å². The molecule has 2 rings (SSSR count). The van der Waals surface area contributed by atoms with Crippen molar-refractivity contribution in [1.82, 2.24) is 4.98 Å². The second-order valence-electron chi connectivity index (χ2n) is 3.98. The Kier molecular flexibility index (Phi) is 3.84. The van der Waals surface area contributed by atoms with Gasteiger partial charge in [-0.3, -0.25) is 0 Å². The van der Waals surface area contributed by atoms with E-state index in [4.69, 9.17) is 11.6 Å². The first-order valence-electron chi connectivity index (χ1n) is 5.69. The minimum atomic E-state index is 0.749. The second-order valence-corrected chi connectivity index (χ2v) is 4.36. The number of anilines is 1. The van der Waals surface area contributed by atoms with E-state index < -0.39 is 0 Å². The Bertz CT molecular complexity index is 325. The predicted octanol–water partition coefficient (Wildman–Crippen LogP) is 3.00. The number of aromatic nitrogens is 1. The third-order valence-corrected chi connectivity index (χ3v) is 3.06. The Labute approximate surface area is 96.1 Å². The number of nitrogens with zero attached hydrogens (tertiary/aromatic N) is 1. The van der Waals surface area contributed by atoms with Gasteiger partial charge in [-0.05, 0) is 43.7 Å². The summed E-state index contributed by atoms with van der Waals surface area (Å²) in [5, 5.41) is 3.34. The van der Waals surface area contributed by atoms with Gasteiger partial charge in [0.15, 0.2) is 0 Å². The van der Waals surface area contributed by atoms with Gasteiger partial charge in [0.25, 0.3) is 0 Å². The van der Waals surface area contributed by atoms with Gasteiger partial charge in [-0.15, -0.1) is 11.6 Å². The normalized spacial score (nSPS) is 13.9. The van der Waals surface area contributed by atoms with E-state index in [-0.39, 0.29) is 0 Å². The molecule has 0 bridgehead atoms. The summed E-state index contributed by atoms with van der Waals surface area (Å²) in [6.07, 6.45) is 5.79. The average molecular weight is 225 g/mol. The standard InChI is InChI=1S/C12H17ClN2/c13-8-1-2-9-14-12-7-6-10-4-3-5-11(10)15-12/h6-7H,1-5,8-9H2,(H,14,15). The molecule has 1 aliphatic rings. The Morgan fingerprint density at radius 1 is 1.27 bits per heavy atom. The number of alkyl halides is 1. The molecule has 0 aromatic carbocycles. The van der Waals surface area contributed by atoms with Gasteiger partial charge in [-0.25, -0.2) is 4.98 Å². The lowest BCUT2D eigenvalue weighted by Gasteiger charge is -2.06. The summed E-state index contributed by atoms with van der Waals surface area (Å²) in [5.74, 6) is 1.77. The number of fused-ring (bicyclic) bond motifs is 1. The maximum absolute atomic E-state index is 5.62. The first kappa shape index (κ1) is 10.7. The molecule has 0 spiro atoms. The molecule has 0 amide bonds. The smallest absolute Gasteiger partial charge is 0.126 e. The molecule has 1 aromatic rings. The highest BCUT2D eigenvalue weighted by Gasteiger charge is 2.11. The number of hydrogen-bond acceptors (Lipinski definition) is 2. The summed E-state index contributed by atoms with van der Waals surface area (Å²) in [6, 6.07) is 4.30. The van der Waals surface area contributed by atoms with Gasteiger partial charge in [0, 0.05) is 18.1 Å². The molecule has 2 nitrogen and oxygen atoms in total. The maximum Gasteiger partial charge on any atom is 0.126 e. The van der Waals surface area contributed by atoms with Crippen LogP contribution in [-0.2, 0) is 12.8 Å². The van der Waals surface area contributed by atoms with Crippen molar-refractivity contribution in [2.75, 3.05) is 17.7 Å². The van der Waals surface area contributed by atoms with E-state index in [9.17, 15) is 0 Å². The van der Waals surface area contributed by atoms with Crippen molar-refractivity contribution in [1.29, 1.82) is 0 Å². The zero-order valence-electron chi connectivity index (χ0n) is 8.93. The third-order valence-electron chi connectivity index (χ3n) is 2.79. The first-order chi connectivity index (χ1) is 7.40. The number of rotatable bonds is 5. The molecular formula is C12H17ClN2. The number of nitrogens with one attached hydrogen (secondary N) is 1. The van der Waals surface area contributed by atoms with Gasteiger partial charge in [0.2, 0.25) is 0 Å². The van der Waals surface area contributed by atoms with Gasteiger partial charge >= 0.3 is 0 Å². The molecule has 0 fully saturated rings. The summed E-state index contributed by atoms with van der Waals surface area (Å²) in [5.41, 5.74) is 2.72. The second kappa shape index (κ2) is 5.36. The fourth-order valence-electron chi connectivity index (χ4n) is 1.95. The quantitative estimate of drug-likeness (QED) is 0.615. The number of aryl methyl sites for hydroxylation is 2. The zero-order valence-corrected chi connectivity index (χ0v) is 9.69. The maximum atomic E-state index is 5.62. The molecular weight excluding hydrogens is 208 g/mol. The van der Waals surface area contributed by atoms with Crippen molar-refractivity contribution in [3.63, 3.8) is 0 Å². The van der Waals surface area contributed by atoms with Crippen molar-refractivity contribution in [3.8, 4) is 0 Å². The van der Waals surface area contributed by atoms with E-state index in [1.807, 2.05) is 0 Å². The van der Waals surface area contributed by atoms with Gasteiger partial charge in [-0.2, -0.15) is 0 Å². The topological polar surface area (TPSA) is 24.9 Å². The fraction of sp³-hybridized carbons (Fsp3) is 0.583. The number of hydrogen-bond donors (Lipinski definition) is 1. The van der Waals surface area contributed by atoms with Crippen molar-refractivity contribution in [3.05, 3.63) is 23.4 Å². The van der Waals surface area contributed by atoms with Crippen LogP contribution in [-0.4, -0.2) is 17.4 Å². The molecule has 82 valence electrons. The zero-order chi connectivity index (χ0) is 10.5. The molecule has 1 aliphatic carbocycles. The van der Waals surface area contributed by atoms with Gasteiger partial charge in [-0.1, -0.05) is 6.07 Å². The van der Waals surface area contributed by atoms with Crippen molar-refractivity contribution < 1.29 is 0 Å². The molecule has 15 heavy (non-hydrogen) atoms. The van der Waals surface area contributed by atoms with Gasteiger partial charge in [0.05, 0.1) is 0 Å². The number of unbranched alkanes of at least 4 members (excludes halogenated alkanes) is 1. The Morgan fingerprint density at radius 2 is 2.20 bits per heavy atom. The van der Waals surface area contributed by atoms with E-state index in [2.05, 4.69) is 22.4 Å². The lowest BCUT2D eigenvalue weighted by atomic mass is 10.2. The van der Waals surface area contributed by atoms with E-state index in [0.29, 0.717) is 0 Å². The first-order valence-corrected chi connectivity index (χ1v) is 6.22. The molecule has 0 aliphatic heterocycles. The van der Waals surface area contributed by atoms with Gasteiger partial charge in [0.1, 0.15) is 5.82 Å². The highest BCUT2D eigenvalue weighted by atomic mass is 35.5. The summed E-state index contributed by atoms with van der Waals surface area (Å²) in [4.78, 5) is 4.61. The largest absolute Gasteiger partial charge is 0.370 e. The van der Waals surface area contributed by atoms with Crippen LogP contribution in [0, 0.1) is 0 Å². The summed E-state index contributed by atoms with van der Waals surface area (Å²) in [6.45, 7) is 0.971. The van der Waals surface area contributed by atoms with E-state index in [0.717, 1.165) is 37.5 Å². The minimum Gasteiger partial charge on any atom is -0.370 e. The van der Waals surface area contributed by atoms with Crippen LogP contribution < -0.4 is 5.32 Å². The third kappa shape index (κ3) is 2.85. The molecule has 0 atom stereocenters. The number of halogens is 1. The van der Waals surface area contributed by atoms with E-state index in [1.54, 1.807) is 0 Å². The van der Waals surface area contributed by atoms with E-state index in [1.165, 1.54) is 24.1 Å². The van der Waals surface area contributed by atoms with Crippen LogP contribution in [0.2, 0.25) is 0 Å². The lowest BCUT2D eigenvalue weighted by molar-refractivity contribution is 0.834. The highest BCUT2D eigenvalue weighted by molar-refractivity contribution is 6.17. The fourth-order valence-corrected chi connectivity index (χ4v) is 2.14. The number of pyridine rings is 1. The van der Waals surface area contributed by atoms with E-state index >= 15 is 0 Å². The van der Waals surface area contributed by atoms with Crippen LogP contribution in [0.15, 0.2) is 12.1 Å². The van der Waals surface area contributed by atoms with Crippen LogP contribution in [0.5, 0.6) is 0 Å². The predicted molar refractivity (Wildman–Crippen MR) is 64.7 cm³/mol. The molecule has 0 saturated carbocycles. The summed E-state index contributed by atoms with van der Waals surface area (Å²) < 4.78 is 0. The summed E-state index contributed by atoms with van der Waals surface area (Å²) in [7, 11) is 0. The average Bonchev–Trinajstić information content (AvgIpc) is 2.71. The minimum absolute atomic E-state index is 0.749. The molecule has 3 heteroatoms. The molecule has 1 aromatic heterocycles. The van der Waals surface area contributed by atoms with Crippen LogP contribution in [0.25, 0.3) is 0 Å². The van der Waals surface area contributed by atoms with Crippen molar-refractivity contribution in [2.24, 2.45) is 0 Å². The Hall–Kier alpha value is -0.760. The summed E-state index contributed by atoms with van der Waals surface area (Å²) >= 11 is 5.62. The monoisotopic (exact) mass is 224 g/mol. The Balaban J connectivity index is 1.87. The Morgan fingerprint density at radius 3 is 3.07 bits per heavy atom. The van der Waals surface area contributed by atoms with Crippen molar-refractivity contribution in [2.45, 2.75) is 32.1 Å². The molecule has 1 heterocycles. The molecule has 0 radical (unpaired) electrons. The highest BCUT2D eigenvalue weighted by Crippen LogP contribution is 2.21. The lowest BCUT2D eigenvalue weighted by Crippen LogP contribution is -2.04. The van der Waals surface area contributed by atoms with Crippen LogP contribution in [0.4, 0.5) is 5.82 Å². The van der Waals surface area contributed by atoms with Crippen LogP contribution >= 0.6 is 11.6 Å². The van der Waals surface area contributed by atoms with Gasteiger partial charge < -0.3 is 5.32 Å². The molecule has 0 saturated heterocycles. The van der Waals surface area contributed by atoms with Crippen LogP contribution in [0.1, 0.15) is 30.5 Å².